The van der Waals surface area contributed by atoms with Crippen LogP contribution in [0.1, 0.15) is 31.9 Å². The topological polar surface area (TPSA) is 34.9 Å². The molecule has 0 unspecified atom stereocenters. The number of para-hydroxylation sites is 1. The van der Waals surface area contributed by atoms with E-state index in [-0.39, 0.29) is 11.0 Å². The second kappa shape index (κ2) is 5.41. The first-order chi connectivity index (χ1) is 10.4. The molecule has 0 amide bonds. The Labute approximate surface area is 130 Å². The molecule has 0 saturated heterocycles. The molecule has 3 heteroatoms. The molecule has 0 aliphatic rings. The standard InChI is InChI=1S/C19H20N2O/c1-19(2,3)15-10-8-14(9-11-15)12-21-13-20-17-7-5-4-6-16(17)18(21)22/h4-11,13H,12H2,1-3H3. The molecule has 0 saturated carbocycles. The van der Waals surface area contributed by atoms with Crippen molar-refractivity contribution in [2.24, 2.45) is 0 Å². The Morgan fingerprint density at radius 2 is 1.68 bits per heavy atom. The van der Waals surface area contributed by atoms with Crippen LogP contribution in [0.3, 0.4) is 0 Å². The van der Waals surface area contributed by atoms with Gasteiger partial charge in [-0.1, -0.05) is 57.2 Å². The lowest BCUT2D eigenvalue weighted by atomic mass is 9.87. The minimum absolute atomic E-state index is 0.00509. The second-order valence-corrected chi connectivity index (χ2v) is 6.64. The van der Waals surface area contributed by atoms with Crippen LogP contribution in [0, 0.1) is 0 Å². The van der Waals surface area contributed by atoms with Crippen molar-refractivity contribution in [3.8, 4) is 0 Å². The first-order valence-electron chi connectivity index (χ1n) is 7.49. The Morgan fingerprint density at radius 1 is 1.00 bits per heavy atom. The first kappa shape index (κ1) is 14.5. The number of rotatable bonds is 2. The summed E-state index contributed by atoms with van der Waals surface area (Å²) in [6, 6.07) is 15.9. The summed E-state index contributed by atoms with van der Waals surface area (Å²) in [7, 11) is 0. The molecule has 0 fully saturated rings. The van der Waals surface area contributed by atoms with E-state index in [4.69, 9.17) is 0 Å². The minimum Gasteiger partial charge on any atom is -0.294 e. The molecule has 2 aromatic carbocycles. The van der Waals surface area contributed by atoms with Gasteiger partial charge in [-0.25, -0.2) is 4.98 Å². The van der Waals surface area contributed by atoms with Gasteiger partial charge in [-0.05, 0) is 28.7 Å². The summed E-state index contributed by atoms with van der Waals surface area (Å²) >= 11 is 0. The van der Waals surface area contributed by atoms with Crippen LogP contribution in [0.25, 0.3) is 10.9 Å². The summed E-state index contributed by atoms with van der Waals surface area (Å²) in [6.07, 6.45) is 1.63. The van der Waals surface area contributed by atoms with Crippen LogP contribution in [0.2, 0.25) is 0 Å². The van der Waals surface area contributed by atoms with E-state index >= 15 is 0 Å². The highest BCUT2D eigenvalue weighted by molar-refractivity contribution is 5.76. The number of hydrogen-bond donors (Lipinski definition) is 0. The normalized spacial score (nSPS) is 11.8. The minimum atomic E-state index is 0.00509. The van der Waals surface area contributed by atoms with Gasteiger partial charge >= 0.3 is 0 Å². The Morgan fingerprint density at radius 3 is 2.36 bits per heavy atom. The van der Waals surface area contributed by atoms with Crippen molar-refractivity contribution in [1.29, 1.82) is 0 Å². The summed E-state index contributed by atoms with van der Waals surface area (Å²) in [5, 5.41) is 0.663. The maximum Gasteiger partial charge on any atom is 0.261 e. The van der Waals surface area contributed by atoms with E-state index in [1.807, 2.05) is 24.3 Å². The first-order valence-corrected chi connectivity index (χ1v) is 7.49. The SMILES string of the molecule is CC(C)(C)c1ccc(Cn2cnc3ccccc3c2=O)cc1. The van der Waals surface area contributed by atoms with Gasteiger partial charge in [0.1, 0.15) is 0 Å². The zero-order valence-corrected chi connectivity index (χ0v) is 13.2. The highest BCUT2D eigenvalue weighted by Gasteiger charge is 2.13. The molecule has 3 rings (SSSR count). The second-order valence-electron chi connectivity index (χ2n) is 6.64. The van der Waals surface area contributed by atoms with Crippen molar-refractivity contribution < 1.29 is 0 Å². The predicted octanol–water partition coefficient (Wildman–Crippen LogP) is 3.74. The van der Waals surface area contributed by atoms with Gasteiger partial charge in [0.05, 0.1) is 23.8 Å². The Balaban J connectivity index is 1.93. The molecular formula is C19H20N2O. The van der Waals surface area contributed by atoms with Gasteiger partial charge in [0.15, 0.2) is 0 Å². The number of aromatic nitrogens is 2. The van der Waals surface area contributed by atoms with Crippen molar-refractivity contribution in [2.75, 3.05) is 0 Å². The van der Waals surface area contributed by atoms with Crippen LogP contribution >= 0.6 is 0 Å². The van der Waals surface area contributed by atoms with Crippen LogP contribution < -0.4 is 5.56 Å². The van der Waals surface area contributed by atoms with Gasteiger partial charge in [-0.3, -0.25) is 9.36 Å². The van der Waals surface area contributed by atoms with Gasteiger partial charge in [0, 0.05) is 0 Å². The van der Waals surface area contributed by atoms with Crippen LogP contribution in [-0.2, 0) is 12.0 Å². The van der Waals surface area contributed by atoms with Crippen molar-refractivity contribution >= 4 is 10.9 Å². The summed E-state index contributed by atoms with van der Waals surface area (Å²) in [4.78, 5) is 16.8. The van der Waals surface area contributed by atoms with Crippen LogP contribution in [0.4, 0.5) is 0 Å². The number of hydrogen-bond acceptors (Lipinski definition) is 2. The Bertz CT molecular complexity index is 855. The third-order valence-electron chi connectivity index (χ3n) is 3.90. The molecule has 1 heterocycles. The zero-order valence-electron chi connectivity index (χ0n) is 13.2. The third-order valence-corrected chi connectivity index (χ3v) is 3.90. The molecule has 3 nitrogen and oxygen atoms in total. The molecule has 0 atom stereocenters. The summed E-state index contributed by atoms with van der Waals surface area (Å²) in [5.41, 5.74) is 3.28. The van der Waals surface area contributed by atoms with Crippen molar-refractivity contribution in [2.45, 2.75) is 32.7 Å². The van der Waals surface area contributed by atoms with E-state index in [0.717, 1.165) is 11.1 Å². The van der Waals surface area contributed by atoms with Gasteiger partial charge in [0.25, 0.3) is 5.56 Å². The van der Waals surface area contributed by atoms with Gasteiger partial charge in [-0.2, -0.15) is 0 Å². The van der Waals surface area contributed by atoms with E-state index in [0.29, 0.717) is 11.9 Å². The highest BCUT2D eigenvalue weighted by atomic mass is 16.1. The zero-order chi connectivity index (χ0) is 15.7. The van der Waals surface area contributed by atoms with Crippen molar-refractivity contribution in [3.63, 3.8) is 0 Å². The van der Waals surface area contributed by atoms with E-state index < -0.39 is 0 Å². The largest absolute Gasteiger partial charge is 0.294 e. The van der Waals surface area contributed by atoms with Gasteiger partial charge < -0.3 is 0 Å². The lowest BCUT2D eigenvalue weighted by Gasteiger charge is -2.19. The number of benzene rings is 2. The molecule has 22 heavy (non-hydrogen) atoms. The van der Waals surface area contributed by atoms with Gasteiger partial charge in [0.2, 0.25) is 0 Å². The summed E-state index contributed by atoms with van der Waals surface area (Å²) in [5.74, 6) is 0. The summed E-state index contributed by atoms with van der Waals surface area (Å²) in [6.45, 7) is 7.13. The molecule has 112 valence electrons. The summed E-state index contributed by atoms with van der Waals surface area (Å²) < 4.78 is 1.66. The average molecular weight is 292 g/mol. The monoisotopic (exact) mass is 292 g/mol. The van der Waals surface area contributed by atoms with Crippen molar-refractivity contribution in [1.82, 2.24) is 9.55 Å². The van der Waals surface area contributed by atoms with Crippen LogP contribution in [-0.4, -0.2) is 9.55 Å². The van der Waals surface area contributed by atoms with E-state index in [1.165, 1.54) is 5.56 Å². The maximum atomic E-state index is 12.5. The van der Waals surface area contributed by atoms with Crippen LogP contribution in [0.5, 0.6) is 0 Å². The third kappa shape index (κ3) is 2.80. The van der Waals surface area contributed by atoms with E-state index in [9.17, 15) is 4.79 Å². The lowest BCUT2D eigenvalue weighted by molar-refractivity contribution is 0.589. The molecule has 0 bridgehead atoms. The van der Waals surface area contributed by atoms with E-state index in [1.54, 1.807) is 10.9 Å². The number of nitrogens with zero attached hydrogens (tertiary/aromatic N) is 2. The predicted molar refractivity (Wildman–Crippen MR) is 90.2 cm³/mol. The molecule has 0 aliphatic carbocycles. The quantitative estimate of drug-likeness (QED) is 0.721. The molecule has 3 aromatic rings. The molecule has 0 N–H and O–H groups in total. The molecule has 0 aliphatic heterocycles. The van der Waals surface area contributed by atoms with Crippen molar-refractivity contribution in [3.05, 3.63) is 76.3 Å². The fraction of sp³-hybridized carbons (Fsp3) is 0.263. The molecule has 1 aromatic heterocycles. The average Bonchev–Trinajstić information content (AvgIpc) is 2.50. The molecular weight excluding hydrogens is 272 g/mol. The van der Waals surface area contributed by atoms with Crippen LogP contribution in [0.15, 0.2) is 59.7 Å². The Hall–Kier alpha value is -2.42. The van der Waals surface area contributed by atoms with E-state index in [2.05, 4.69) is 50.0 Å². The van der Waals surface area contributed by atoms with Gasteiger partial charge in [-0.15, -0.1) is 0 Å². The highest BCUT2D eigenvalue weighted by Crippen LogP contribution is 2.22. The Kier molecular flexibility index (Phi) is 3.57. The molecule has 0 spiro atoms. The lowest BCUT2D eigenvalue weighted by Crippen LogP contribution is -2.21. The fourth-order valence-corrected chi connectivity index (χ4v) is 2.53. The fourth-order valence-electron chi connectivity index (χ4n) is 2.53. The number of fused-ring (bicyclic) bond motifs is 1. The molecule has 0 radical (unpaired) electrons. The smallest absolute Gasteiger partial charge is 0.261 e. The maximum absolute atomic E-state index is 12.5.